The van der Waals surface area contributed by atoms with Gasteiger partial charge in [-0.05, 0) is 51.9 Å². The quantitative estimate of drug-likeness (QED) is 0.741. The lowest BCUT2D eigenvalue weighted by Crippen LogP contribution is -2.57. The van der Waals surface area contributed by atoms with Crippen LogP contribution in [0.25, 0.3) is 0 Å². The van der Waals surface area contributed by atoms with Gasteiger partial charge in [0.2, 0.25) is 0 Å². The van der Waals surface area contributed by atoms with E-state index in [1.54, 1.807) is 0 Å². The lowest BCUT2D eigenvalue weighted by atomic mass is 9.50. The number of hydrogen-bond acceptors (Lipinski definition) is 3. The lowest BCUT2D eigenvalue weighted by molar-refractivity contribution is -0.173. The van der Waals surface area contributed by atoms with Gasteiger partial charge in [-0.2, -0.15) is 0 Å². The molecule has 2 fully saturated rings. The average Bonchev–Trinajstić information content (AvgIpc) is 2.02. The second kappa shape index (κ2) is 4.14. The van der Waals surface area contributed by atoms with E-state index in [9.17, 15) is 9.59 Å². The Labute approximate surface area is 107 Å². The van der Waals surface area contributed by atoms with Crippen molar-refractivity contribution in [3.05, 3.63) is 0 Å². The zero-order valence-electron chi connectivity index (χ0n) is 11.2. The number of esters is 1. The summed E-state index contributed by atoms with van der Waals surface area (Å²) in [4.78, 5) is 22.3. The first-order chi connectivity index (χ1) is 8.19. The molecule has 1 amide bonds. The fourth-order valence-corrected chi connectivity index (χ4v) is 3.13. The Hall–Kier alpha value is -1.26. The van der Waals surface area contributed by atoms with E-state index in [1.165, 1.54) is 0 Å². The van der Waals surface area contributed by atoms with E-state index >= 15 is 0 Å². The van der Waals surface area contributed by atoms with Crippen LogP contribution in [-0.2, 0) is 9.53 Å². The Morgan fingerprint density at radius 2 is 1.78 bits per heavy atom. The standard InChI is InChI=1S/C13H21NO4/c1-12(2,3)18-10(15)8-4-13(5-8)6-9(7-13)14-11(16)17/h8-9,14H,4-7H2,1-3H3,(H,16,17). The molecule has 2 aliphatic carbocycles. The SMILES string of the molecule is CC(C)(C)OC(=O)C1CC2(CC(NC(=O)O)C2)C1. The van der Waals surface area contributed by atoms with E-state index in [2.05, 4.69) is 5.32 Å². The third-order valence-corrected chi connectivity index (χ3v) is 3.79. The highest BCUT2D eigenvalue weighted by Gasteiger charge is 2.55. The molecule has 102 valence electrons. The van der Waals surface area contributed by atoms with Crippen molar-refractivity contribution in [3.63, 3.8) is 0 Å². The molecule has 2 N–H and O–H groups in total. The highest BCUT2D eigenvalue weighted by molar-refractivity contribution is 5.74. The van der Waals surface area contributed by atoms with Gasteiger partial charge in [-0.15, -0.1) is 0 Å². The minimum atomic E-state index is -0.960. The molecule has 0 atom stereocenters. The number of amides is 1. The summed E-state index contributed by atoms with van der Waals surface area (Å²) in [5.74, 6) is -0.0993. The first-order valence-electron chi connectivity index (χ1n) is 6.41. The Balaban J connectivity index is 1.72. The van der Waals surface area contributed by atoms with Gasteiger partial charge in [-0.25, -0.2) is 4.79 Å². The van der Waals surface area contributed by atoms with Crippen LogP contribution in [0.2, 0.25) is 0 Å². The van der Waals surface area contributed by atoms with Crippen molar-refractivity contribution in [2.75, 3.05) is 0 Å². The molecule has 0 unspecified atom stereocenters. The van der Waals surface area contributed by atoms with Crippen molar-refractivity contribution in [2.24, 2.45) is 11.3 Å². The third-order valence-electron chi connectivity index (χ3n) is 3.79. The van der Waals surface area contributed by atoms with E-state index in [1.807, 2.05) is 20.8 Å². The number of ether oxygens (including phenoxy) is 1. The summed E-state index contributed by atoms with van der Waals surface area (Å²) in [5.41, 5.74) is -0.221. The normalized spacial score (nSPS) is 34.4. The Morgan fingerprint density at radius 3 is 2.22 bits per heavy atom. The summed E-state index contributed by atoms with van der Waals surface area (Å²) < 4.78 is 5.35. The van der Waals surface area contributed by atoms with Crippen LogP contribution in [0, 0.1) is 11.3 Å². The Bertz CT molecular complexity index is 358. The molecule has 0 aromatic heterocycles. The molecule has 18 heavy (non-hydrogen) atoms. The topological polar surface area (TPSA) is 75.6 Å². The Morgan fingerprint density at radius 1 is 1.22 bits per heavy atom. The first-order valence-corrected chi connectivity index (χ1v) is 6.41. The predicted octanol–water partition coefficient (Wildman–Crippen LogP) is 2.15. The highest BCUT2D eigenvalue weighted by atomic mass is 16.6. The fraction of sp³-hybridized carbons (Fsp3) is 0.846. The van der Waals surface area contributed by atoms with E-state index in [-0.39, 0.29) is 23.3 Å². The summed E-state index contributed by atoms with van der Waals surface area (Å²) >= 11 is 0. The molecule has 0 radical (unpaired) electrons. The molecule has 0 aliphatic heterocycles. The van der Waals surface area contributed by atoms with Crippen molar-refractivity contribution in [2.45, 2.75) is 58.1 Å². The van der Waals surface area contributed by atoms with Crippen LogP contribution in [0.5, 0.6) is 0 Å². The van der Waals surface area contributed by atoms with Crippen molar-refractivity contribution < 1.29 is 19.4 Å². The number of carboxylic acid groups (broad SMARTS) is 1. The molecule has 2 saturated carbocycles. The minimum Gasteiger partial charge on any atom is -0.465 e. The molecule has 0 bridgehead atoms. The summed E-state index contributed by atoms with van der Waals surface area (Å²) in [6.07, 6.45) is 2.45. The molecular formula is C13H21NO4. The Kier molecular flexibility index (Phi) is 3.03. The van der Waals surface area contributed by atoms with Gasteiger partial charge >= 0.3 is 12.1 Å². The average molecular weight is 255 g/mol. The molecule has 0 aromatic rings. The van der Waals surface area contributed by atoms with Crippen LogP contribution in [-0.4, -0.2) is 28.8 Å². The molecule has 0 aromatic carbocycles. The minimum absolute atomic E-state index is 0.00926. The van der Waals surface area contributed by atoms with E-state index in [0.717, 1.165) is 25.7 Å². The van der Waals surface area contributed by atoms with Crippen LogP contribution < -0.4 is 5.32 Å². The first kappa shape index (κ1) is 13.2. The molecule has 0 heterocycles. The van der Waals surface area contributed by atoms with Crippen LogP contribution in [0.3, 0.4) is 0 Å². The van der Waals surface area contributed by atoms with E-state index in [4.69, 9.17) is 9.84 Å². The van der Waals surface area contributed by atoms with Crippen molar-refractivity contribution in [3.8, 4) is 0 Å². The van der Waals surface area contributed by atoms with Gasteiger partial charge in [0.25, 0.3) is 0 Å². The number of nitrogens with one attached hydrogen (secondary N) is 1. The number of carbonyl (C=O) groups is 2. The van der Waals surface area contributed by atoms with Gasteiger partial charge in [-0.1, -0.05) is 0 Å². The van der Waals surface area contributed by atoms with Crippen molar-refractivity contribution in [1.29, 1.82) is 0 Å². The number of carbonyl (C=O) groups excluding carboxylic acids is 1. The van der Waals surface area contributed by atoms with Crippen LogP contribution in [0.1, 0.15) is 46.5 Å². The summed E-state index contributed by atoms with van der Waals surface area (Å²) in [6.45, 7) is 5.61. The van der Waals surface area contributed by atoms with Gasteiger partial charge in [0.1, 0.15) is 5.60 Å². The maximum atomic E-state index is 11.8. The second-order valence-corrected chi connectivity index (χ2v) is 6.69. The molecule has 0 saturated heterocycles. The van der Waals surface area contributed by atoms with Crippen molar-refractivity contribution in [1.82, 2.24) is 5.32 Å². The van der Waals surface area contributed by atoms with E-state index in [0.29, 0.717) is 0 Å². The van der Waals surface area contributed by atoms with Gasteiger partial charge < -0.3 is 15.2 Å². The zero-order valence-corrected chi connectivity index (χ0v) is 11.2. The summed E-state index contributed by atoms with van der Waals surface area (Å²) in [5, 5.41) is 11.1. The maximum absolute atomic E-state index is 11.8. The summed E-state index contributed by atoms with van der Waals surface area (Å²) in [6, 6.07) is 0.0714. The highest BCUT2D eigenvalue weighted by Crippen LogP contribution is 2.59. The largest absolute Gasteiger partial charge is 0.465 e. The van der Waals surface area contributed by atoms with Gasteiger partial charge in [-0.3, -0.25) is 4.79 Å². The number of rotatable bonds is 2. The zero-order chi connectivity index (χ0) is 13.6. The molecule has 1 spiro atoms. The molecule has 5 nitrogen and oxygen atoms in total. The fourth-order valence-electron chi connectivity index (χ4n) is 3.13. The van der Waals surface area contributed by atoms with Crippen molar-refractivity contribution >= 4 is 12.1 Å². The maximum Gasteiger partial charge on any atom is 0.404 e. The van der Waals surface area contributed by atoms with E-state index < -0.39 is 11.7 Å². The van der Waals surface area contributed by atoms with Crippen LogP contribution >= 0.6 is 0 Å². The second-order valence-electron chi connectivity index (χ2n) is 6.69. The number of hydrogen-bond donors (Lipinski definition) is 2. The molecular weight excluding hydrogens is 234 g/mol. The molecule has 2 aliphatic rings. The van der Waals surface area contributed by atoms with Gasteiger partial charge in [0.15, 0.2) is 0 Å². The summed E-state index contributed by atoms with van der Waals surface area (Å²) in [7, 11) is 0. The van der Waals surface area contributed by atoms with Gasteiger partial charge in [0.05, 0.1) is 5.92 Å². The lowest BCUT2D eigenvalue weighted by Gasteiger charge is -2.56. The monoisotopic (exact) mass is 255 g/mol. The van der Waals surface area contributed by atoms with Crippen LogP contribution in [0.15, 0.2) is 0 Å². The predicted molar refractivity (Wildman–Crippen MR) is 65.2 cm³/mol. The smallest absolute Gasteiger partial charge is 0.404 e. The molecule has 2 rings (SSSR count). The third kappa shape index (κ3) is 2.76. The molecule has 5 heteroatoms. The van der Waals surface area contributed by atoms with Crippen LogP contribution in [0.4, 0.5) is 4.79 Å². The van der Waals surface area contributed by atoms with Gasteiger partial charge in [0, 0.05) is 6.04 Å².